The molecule has 0 aliphatic carbocycles. The maximum atomic E-state index is 4.66. The third kappa shape index (κ3) is 4.45. The van der Waals surface area contributed by atoms with E-state index < -0.39 is 0 Å². The summed E-state index contributed by atoms with van der Waals surface area (Å²) in [5.41, 5.74) is 3.87. The molecule has 1 rings (SSSR count). The van der Waals surface area contributed by atoms with Gasteiger partial charge in [0, 0.05) is 24.3 Å². The van der Waals surface area contributed by atoms with Crippen LogP contribution >= 0.6 is 0 Å². The van der Waals surface area contributed by atoms with E-state index in [4.69, 9.17) is 0 Å². The van der Waals surface area contributed by atoms with Crippen molar-refractivity contribution >= 4 is 0 Å². The van der Waals surface area contributed by atoms with Crippen LogP contribution < -0.4 is 5.32 Å². The van der Waals surface area contributed by atoms with Crippen LogP contribution in [0.3, 0.4) is 0 Å². The van der Waals surface area contributed by atoms with Gasteiger partial charge in [0.05, 0.1) is 5.69 Å². The van der Waals surface area contributed by atoms with Crippen LogP contribution in [0, 0.1) is 25.7 Å². The fraction of sp³-hybridized carbons (Fsp3) is 0.800. The van der Waals surface area contributed by atoms with Crippen LogP contribution in [0.25, 0.3) is 0 Å². The van der Waals surface area contributed by atoms with Crippen LogP contribution in [0.15, 0.2) is 0 Å². The van der Waals surface area contributed by atoms with E-state index >= 15 is 0 Å². The minimum Gasteiger partial charge on any atom is -0.312 e. The topological polar surface area (TPSA) is 29.9 Å². The van der Waals surface area contributed by atoms with Crippen molar-refractivity contribution in [2.24, 2.45) is 11.8 Å². The highest BCUT2D eigenvalue weighted by molar-refractivity contribution is 5.24. The van der Waals surface area contributed by atoms with Gasteiger partial charge < -0.3 is 5.32 Å². The zero-order chi connectivity index (χ0) is 13.7. The molecule has 1 N–H and O–H groups in total. The number of nitrogens with one attached hydrogen (secondary N) is 1. The van der Waals surface area contributed by atoms with Crippen LogP contribution in [-0.2, 0) is 13.1 Å². The van der Waals surface area contributed by atoms with Gasteiger partial charge in [-0.15, -0.1) is 0 Å². The summed E-state index contributed by atoms with van der Waals surface area (Å²) in [4.78, 5) is 0. The van der Waals surface area contributed by atoms with Crippen molar-refractivity contribution in [3.63, 3.8) is 0 Å². The number of hydrogen-bond acceptors (Lipinski definition) is 2. The molecular formula is C15H29N3. The fourth-order valence-electron chi connectivity index (χ4n) is 2.07. The van der Waals surface area contributed by atoms with E-state index in [1.54, 1.807) is 0 Å². The van der Waals surface area contributed by atoms with Crippen LogP contribution in [0.4, 0.5) is 0 Å². The molecule has 0 atom stereocenters. The van der Waals surface area contributed by atoms with Crippen molar-refractivity contribution in [2.75, 3.05) is 6.54 Å². The Balaban J connectivity index is 2.62. The molecule has 0 radical (unpaired) electrons. The van der Waals surface area contributed by atoms with Crippen molar-refractivity contribution in [3.05, 3.63) is 17.0 Å². The molecule has 0 fully saturated rings. The molecule has 3 heteroatoms. The smallest absolute Gasteiger partial charge is 0.0641 e. The summed E-state index contributed by atoms with van der Waals surface area (Å²) in [7, 11) is 0. The molecule has 3 nitrogen and oxygen atoms in total. The average Bonchev–Trinajstić information content (AvgIpc) is 2.53. The zero-order valence-corrected chi connectivity index (χ0v) is 12.9. The molecule has 0 saturated carbocycles. The largest absolute Gasteiger partial charge is 0.312 e. The van der Waals surface area contributed by atoms with E-state index in [0.29, 0.717) is 5.92 Å². The van der Waals surface area contributed by atoms with Gasteiger partial charge in [-0.1, -0.05) is 27.7 Å². The van der Waals surface area contributed by atoms with Gasteiger partial charge in [-0.05, 0) is 38.6 Å². The third-order valence-corrected chi connectivity index (χ3v) is 3.30. The molecule has 0 saturated heterocycles. The lowest BCUT2D eigenvalue weighted by Crippen LogP contribution is -2.19. The Bertz CT molecular complexity index is 364. The zero-order valence-electron chi connectivity index (χ0n) is 12.9. The molecular weight excluding hydrogens is 222 g/mol. The fourth-order valence-corrected chi connectivity index (χ4v) is 2.07. The van der Waals surface area contributed by atoms with Crippen LogP contribution in [0.2, 0.25) is 0 Å². The molecule has 18 heavy (non-hydrogen) atoms. The third-order valence-electron chi connectivity index (χ3n) is 3.30. The summed E-state index contributed by atoms with van der Waals surface area (Å²) in [6.07, 6.45) is 1.20. The highest BCUT2D eigenvalue weighted by Crippen LogP contribution is 2.14. The monoisotopic (exact) mass is 251 g/mol. The molecule has 0 unspecified atom stereocenters. The van der Waals surface area contributed by atoms with Crippen molar-refractivity contribution in [1.82, 2.24) is 15.1 Å². The Hall–Kier alpha value is -0.830. The number of hydrogen-bond donors (Lipinski definition) is 1. The first-order valence-electron chi connectivity index (χ1n) is 7.15. The normalized spacial score (nSPS) is 11.8. The maximum Gasteiger partial charge on any atom is 0.0641 e. The molecule has 0 spiro atoms. The average molecular weight is 251 g/mol. The van der Waals surface area contributed by atoms with Crippen LogP contribution in [-0.4, -0.2) is 16.3 Å². The van der Waals surface area contributed by atoms with Gasteiger partial charge in [0.1, 0.15) is 0 Å². The Labute approximate surface area is 112 Å². The predicted octanol–water partition coefficient (Wildman–Crippen LogP) is 3.29. The lowest BCUT2D eigenvalue weighted by molar-refractivity contribution is 0.478. The van der Waals surface area contributed by atoms with Gasteiger partial charge in [-0.3, -0.25) is 4.68 Å². The summed E-state index contributed by atoms with van der Waals surface area (Å²) >= 11 is 0. The van der Waals surface area contributed by atoms with E-state index in [1.165, 1.54) is 23.4 Å². The molecule has 0 bridgehead atoms. The minimum absolute atomic E-state index is 0.696. The SMILES string of the molecule is Cc1nn(CCC(C)C)c(C)c1CNCC(C)C. The number of nitrogens with zero attached hydrogens (tertiary/aromatic N) is 2. The Morgan fingerprint density at radius 3 is 2.33 bits per heavy atom. The lowest BCUT2D eigenvalue weighted by Gasteiger charge is -2.09. The Morgan fingerprint density at radius 1 is 1.11 bits per heavy atom. The van der Waals surface area contributed by atoms with Crippen molar-refractivity contribution < 1.29 is 0 Å². The van der Waals surface area contributed by atoms with Gasteiger partial charge in [0.15, 0.2) is 0 Å². The summed E-state index contributed by atoms with van der Waals surface area (Å²) in [5.74, 6) is 1.43. The predicted molar refractivity (Wildman–Crippen MR) is 77.7 cm³/mol. The standard InChI is InChI=1S/C15H29N3/c1-11(2)7-8-18-14(6)15(13(5)17-18)10-16-9-12(3)4/h11-12,16H,7-10H2,1-6H3. The number of aromatic nitrogens is 2. The second kappa shape index (κ2) is 6.93. The molecule has 0 aliphatic heterocycles. The summed E-state index contributed by atoms with van der Waals surface area (Å²) in [5, 5.41) is 8.16. The highest BCUT2D eigenvalue weighted by atomic mass is 15.3. The molecule has 0 aromatic carbocycles. The first-order valence-corrected chi connectivity index (χ1v) is 7.15. The Kier molecular flexibility index (Phi) is 5.86. The van der Waals surface area contributed by atoms with E-state index in [2.05, 4.69) is 56.6 Å². The summed E-state index contributed by atoms with van der Waals surface area (Å²) in [6.45, 7) is 16.3. The minimum atomic E-state index is 0.696. The van der Waals surface area contributed by atoms with Crippen molar-refractivity contribution in [1.29, 1.82) is 0 Å². The van der Waals surface area contributed by atoms with E-state index in [9.17, 15) is 0 Å². The molecule has 1 aromatic heterocycles. The first kappa shape index (κ1) is 15.2. The van der Waals surface area contributed by atoms with Gasteiger partial charge in [-0.25, -0.2) is 0 Å². The first-order chi connectivity index (χ1) is 8.41. The van der Waals surface area contributed by atoms with Gasteiger partial charge in [-0.2, -0.15) is 5.10 Å². The highest BCUT2D eigenvalue weighted by Gasteiger charge is 2.11. The van der Waals surface area contributed by atoms with Crippen LogP contribution in [0.1, 0.15) is 51.1 Å². The van der Waals surface area contributed by atoms with E-state index in [1.807, 2.05) is 0 Å². The van der Waals surface area contributed by atoms with Crippen molar-refractivity contribution in [2.45, 2.75) is 61.1 Å². The second-order valence-electron chi connectivity index (χ2n) is 6.08. The summed E-state index contributed by atoms with van der Waals surface area (Å²) < 4.78 is 2.17. The maximum absolute atomic E-state index is 4.66. The molecule has 104 valence electrons. The van der Waals surface area contributed by atoms with Gasteiger partial charge in [0.25, 0.3) is 0 Å². The number of aryl methyl sites for hydroxylation is 2. The number of rotatable bonds is 7. The summed E-state index contributed by atoms with van der Waals surface area (Å²) in [6, 6.07) is 0. The molecule has 1 heterocycles. The van der Waals surface area contributed by atoms with Crippen LogP contribution in [0.5, 0.6) is 0 Å². The second-order valence-corrected chi connectivity index (χ2v) is 6.08. The molecule has 0 aliphatic rings. The van der Waals surface area contributed by atoms with Crippen molar-refractivity contribution in [3.8, 4) is 0 Å². The van der Waals surface area contributed by atoms with E-state index in [-0.39, 0.29) is 0 Å². The Morgan fingerprint density at radius 2 is 1.78 bits per heavy atom. The van der Waals surface area contributed by atoms with Gasteiger partial charge in [0.2, 0.25) is 0 Å². The quantitative estimate of drug-likeness (QED) is 0.806. The molecule has 1 aromatic rings. The van der Waals surface area contributed by atoms with E-state index in [0.717, 1.165) is 25.6 Å². The lowest BCUT2D eigenvalue weighted by atomic mass is 10.1. The molecule has 0 amide bonds. The van der Waals surface area contributed by atoms with Gasteiger partial charge >= 0.3 is 0 Å².